The summed E-state index contributed by atoms with van der Waals surface area (Å²) in [6.07, 6.45) is -1.83. The van der Waals surface area contributed by atoms with E-state index in [2.05, 4.69) is 25.0 Å². The second-order valence-corrected chi connectivity index (χ2v) is 8.17. The fraction of sp³-hybridized carbons (Fsp3) is 0.0435. The predicted octanol–water partition coefficient (Wildman–Crippen LogP) is 5.97. The zero-order valence-electron chi connectivity index (χ0n) is 17.9. The molecule has 182 valence electrons. The number of aromatic nitrogens is 3. The fourth-order valence-corrected chi connectivity index (χ4v) is 3.73. The quantitative estimate of drug-likeness (QED) is 0.104. The summed E-state index contributed by atoms with van der Waals surface area (Å²) in [6.45, 7) is 0. The Hall–Kier alpha value is -4.26. The molecule has 4 aromatic rings. The molecule has 0 radical (unpaired) electrons. The van der Waals surface area contributed by atoms with Crippen LogP contribution in [-0.4, -0.2) is 32.5 Å². The molecule has 0 bridgehead atoms. The molecule has 1 aromatic heterocycles. The van der Waals surface area contributed by atoms with Gasteiger partial charge in [0.25, 0.3) is 0 Å². The molecule has 0 atom stereocenters. The second kappa shape index (κ2) is 9.41. The average Bonchev–Trinajstić information content (AvgIpc) is 3.40. The van der Waals surface area contributed by atoms with E-state index in [1.165, 1.54) is 64.0 Å². The molecule has 0 saturated carbocycles. The lowest BCUT2D eigenvalue weighted by Gasteiger charge is -2.09. The zero-order valence-corrected chi connectivity index (χ0v) is 18.7. The summed E-state index contributed by atoms with van der Waals surface area (Å²) in [5.74, 6) is -1.29. The van der Waals surface area contributed by atoms with E-state index in [0.29, 0.717) is 22.2 Å². The second-order valence-electron chi connectivity index (χ2n) is 7.26. The molecule has 13 heteroatoms. The Labute approximate surface area is 204 Å². The minimum Gasteiger partial charge on any atom is -0.406 e. The molecule has 1 aliphatic heterocycles. The highest BCUT2D eigenvalue weighted by Gasteiger charge is 2.36. The monoisotopic (exact) mass is 516 g/mol. The number of alkyl halides is 3. The lowest BCUT2D eigenvalue weighted by atomic mass is 10.1. The number of nitrogens with zero attached hydrogens (tertiary/aromatic N) is 6. The Kier molecular flexibility index (Phi) is 6.14. The van der Waals surface area contributed by atoms with Gasteiger partial charge in [-0.1, -0.05) is 30.3 Å². The molecule has 0 aliphatic carbocycles. The van der Waals surface area contributed by atoms with Crippen LogP contribution in [0.15, 0.2) is 83.3 Å². The summed E-state index contributed by atoms with van der Waals surface area (Å²) >= 11 is 1.07. The van der Waals surface area contributed by atoms with Crippen LogP contribution in [0.4, 0.5) is 27.6 Å². The summed E-state index contributed by atoms with van der Waals surface area (Å²) in [7, 11) is 0. The maximum Gasteiger partial charge on any atom is 0.573 e. The van der Waals surface area contributed by atoms with Crippen molar-refractivity contribution in [3.05, 3.63) is 90.3 Å². The van der Waals surface area contributed by atoms with Gasteiger partial charge in [-0.25, -0.2) is 22.8 Å². The van der Waals surface area contributed by atoms with Gasteiger partial charge in [0.1, 0.15) is 17.8 Å². The summed E-state index contributed by atoms with van der Waals surface area (Å²) in [5, 5.41) is 12.6. The molecule has 3 aromatic carbocycles. The molecule has 0 amide bonds. The number of benzene rings is 3. The van der Waals surface area contributed by atoms with Crippen LogP contribution in [0.5, 0.6) is 5.75 Å². The van der Waals surface area contributed by atoms with Crippen LogP contribution in [0.25, 0.3) is 17.1 Å². The lowest BCUT2D eigenvalue weighted by Crippen LogP contribution is -2.17. The van der Waals surface area contributed by atoms with E-state index in [9.17, 15) is 22.0 Å². The highest BCUT2D eigenvalue weighted by Crippen LogP contribution is 2.42. The minimum atomic E-state index is -4.76. The first kappa shape index (κ1) is 23.5. The van der Waals surface area contributed by atoms with Crippen molar-refractivity contribution >= 4 is 29.0 Å². The van der Waals surface area contributed by atoms with E-state index >= 15 is 0 Å². The van der Waals surface area contributed by atoms with Gasteiger partial charge in [-0.15, -0.1) is 23.4 Å². The van der Waals surface area contributed by atoms with Crippen LogP contribution in [0, 0.1) is 11.6 Å². The van der Waals surface area contributed by atoms with E-state index in [4.69, 9.17) is 0 Å². The van der Waals surface area contributed by atoms with E-state index in [0.717, 1.165) is 17.5 Å². The van der Waals surface area contributed by atoms with Crippen molar-refractivity contribution in [3.8, 4) is 22.8 Å². The third kappa shape index (κ3) is 5.35. The van der Waals surface area contributed by atoms with E-state index in [1.54, 1.807) is 24.3 Å². The van der Waals surface area contributed by atoms with Crippen molar-refractivity contribution in [1.29, 1.82) is 0 Å². The van der Waals surface area contributed by atoms with Gasteiger partial charge in [0.2, 0.25) is 5.17 Å². The van der Waals surface area contributed by atoms with Crippen LogP contribution >= 0.6 is 11.9 Å². The van der Waals surface area contributed by atoms with Crippen LogP contribution in [-0.2, 0) is 0 Å². The predicted molar refractivity (Wildman–Crippen MR) is 125 cm³/mol. The van der Waals surface area contributed by atoms with Gasteiger partial charge in [0, 0.05) is 17.5 Å². The van der Waals surface area contributed by atoms with Crippen molar-refractivity contribution in [1.82, 2.24) is 14.8 Å². The van der Waals surface area contributed by atoms with Crippen molar-refractivity contribution < 1.29 is 26.7 Å². The molecule has 36 heavy (non-hydrogen) atoms. The topological polar surface area (TPSA) is 67.7 Å². The number of hydrogen-bond acceptors (Lipinski definition) is 6. The van der Waals surface area contributed by atoms with Gasteiger partial charge < -0.3 is 4.74 Å². The Morgan fingerprint density at radius 1 is 0.917 bits per heavy atom. The number of amidine groups is 1. The van der Waals surface area contributed by atoms with Crippen LogP contribution in [0.1, 0.15) is 5.56 Å². The van der Waals surface area contributed by atoms with Gasteiger partial charge in [-0.3, -0.25) is 0 Å². The van der Waals surface area contributed by atoms with Gasteiger partial charge in [0.05, 0.1) is 11.9 Å². The number of ether oxygens (including phenoxy) is 1. The van der Waals surface area contributed by atoms with Crippen molar-refractivity contribution in [2.45, 2.75) is 6.36 Å². The minimum absolute atomic E-state index is 0.182. The van der Waals surface area contributed by atoms with Gasteiger partial charge in [-0.2, -0.15) is 5.10 Å². The molecule has 7 nitrogen and oxygen atoms in total. The SMILES string of the molecule is Fc1cccc(F)c1N1S/C1=N\N=C\c1ccc(-c2ncn(-c3ccc(OC(F)(F)F)cc3)n2)cc1. The molecular weight excluding hydrogens is 503 g/mol. The third-order valence-electron chi connectivity index (χ3n) is 4.80. The molecule has 1 fully saturated rings. The van der Waals surface area contributed by atoms with Gasteiger partial charge in [0.15, 0.2) is 17.5 Å². The lowest BCUT2D eigenvalue weighted by molar-refractivity contribution is -0.274. The molecule has 0 N–H and O–H groups in total. The first-order valence-corrected chi connectivity index (χ1v) is 11.0. The molecule has 5 rings (SSSR count). The van der Waals surface area contributed by atoms with Crippen molar-refractivity contribution in [2.24, 2.45) is 10.2 Å². The number of rotatable bonds is 6. The molecule has 0 unspecified atom stereocenters. The first-order valence-electron chi connectivity index (χ1n) is 10.2. The smallest absolute Gasteiger partial charge is 0.406 e. The zero-order chi connectivity index (χ0) is 25.3. The maximum absolute atomic E-state index is 13.8. The maximum atomic E-state index is 13.8. The average molecular weight is 516 g/mol. The van der Waals surface area contributed by atoms with Gasteiger partial charge in [-0.05, 0) is 42.0 Å². The van der Waals surface area contributed by atoms with E-state index < -0.39 is 18.0 Å². The molecule has 1 aliphatic rings. The number of hydrogen-bond donors (Lipinski definition) is 0. The van der Waals surface area contributed by atoms with Crippen molar-refractivity contribution in [3.63, 3.8) is 0 Å². The Bertz CT molecular complexity index is 1430. The molecular formula is C23H13F5N6OS. The van der Waals surface area contributed by atoms with E-state index in [-0.39, 0.29) is 11.4 Å². The van der Waals surface area contributed by atoms with E-state index in [1.807, 2.05) is 0 Å². The first-order chi connectivity index (χ1) is 17.3. The summed E-state index contributed by atoms with van der Waals surface area (Å²) in [6, 6.07) is 15.9. The number of para-hydroxylation sites is 1. The fourth-order valence-electron chi connectivity index (χ4n) is 3.13. The van der Waals surface area contributed by atoms with Gasteiger partial charge >= 0.3 is 6.36 Å². The van der Waals surface area contributed by atoms with Crippen LogP contribution in [0.2, 0.25) is 0 Å². The largest absolute Gasteiger partial charge is 0.573 e. The van der Waals surface area contributed by atoms with Crippen LogP contribution < -0.4 is 9.04 Å². The summed E-state index contributed by atoms with van der Waals surface area (Å²) < 4.78 is 71.1. The summed E-state index contributed by atoms with van der Waals surface area (Å²) in [4.78, 5) is 4.23. The Morgan fingerprint density at radius 3 is 2.28 bits per heavy atom. The molecule has 0 spiro atoms. The Balaban J connectivity index is 1.22. The summed E-state index contributed by atoms with van der Waals surface area (Å²) in [5.41, 5.74) is 1.75. The number of anilines is 1. The van der Waals surface area contributed by atoms with Crippen LogP contribution in [0.3, 0.4) is 0 Å². The number of halogens is 5. The highest BCUT2D eigenvalue weighted by atomic mass is 32.2. The van der Waals surface area contributed by atoms with Crippen molar-refractivity contribution in [2.75, 3.05) is 4.31 Å². The highest BCUT2D eigenvalue weighted by molar-refractivity contribution is 8.26. The molecule has 1 saturated heterocycles. The standard InChI is InChI=1S/C23H13F5N6OS/c24-18-2-1-3-19(25)20(18)34-22(36-34)31-30-12-14-4-6-15(7-5-14)21-29-13-33(32-21)16-8-10-17(11-9-16)35-23(26,27)28/h1-13H/b30-12+,31-22-. The third-order valence-corrected chi connectivity index (χ3v) is 5.59. The molecule has 2 heterocycles. The normalized spacial score (nSPS) is 14.6. The Morgan fingerprint density at radius 2 is 1.61 bits per heavy atom.